The summed E-state index contributed by atoms with van der Waals surface area (Å²) in [5, 5.41) is 12.9. The Bertz CT molecular complexity index is 1100. The van der Waals surface area contributed by atoms with Crippen molar-refractivity contribution >= 4 is 29.1 Å². The predicted octanol–water partition coefficient (Wildman–Crippen LogP) is 4.99. The maximum absolute atomic E-state index is 6.42. The fourth-order valence-electron chi connectivity index (χ4n) is 3.08. The van der Waals surface area contributed by atoms with E-state index in [1.165, 1.54) is 11.8 Å². The molecule has 4 rings (SSSR count). The van der Waals surface area contributed by atoms with Gasteiger partial charge < -0.3 is 19.5 Å². The number of thioether (sulfide) groups is 1. The monoisotopic (exact) mass is 442 g/mol. The zero-order valence-corrected chi connectivity index (χ0v) is 18.0. The first-order chi connectivity index (χ1) is 14.6. The minimum atomic E-state index is -0.585. The van der Waals surface area contributed by atoms with Crippen LogP contribution in [0.15, 0.2) is 54.2 Å². The number of nitrogens with one attached hydrogen (secondary N) is 1. The number of fused-ring (bicyclic) bond motifs is 3. The van der Waals surface area contributed by atoms with Crippen molar-refractivity contribution in [3.8, 4) is 28.6 Å². The molecule has 1 aromatic heterocycles. The predicted molar refractivity (Wildman–Crippen MR) is 118 cm³/mol. The fourth-order valence-corrected chi connectivity index (χ4v) is 3.89. The highest BCUT2D eigenvalue weighted by Gasteiger charge is 2.27. The molecule has 0 spiro atoms. The van der Waals surface area contributed by atoms with Crippen molar-refractivity contribution in [2.24, 2.45) is 0 Å². The first-order valence-corrected chi connectivity index (χ1v) is 10.4. The fraction of sp³-hybridized carbons (Fsp3) is 0.190. The van der Waals surface area contributed by atoms with E-state index in [0.717, 1.165) is 16.8 Å². The number of benzene rings is 2. The van der Waals surface area contributed by atoms with E-state index < -0.39 is 6.23 Å². The van der Waals surface area contributed by atoms with Gasteiger partial charge in [0.2, 0.25) is 11.0 Å². The van der Waals surface area contributed by atoms with E-state index in [1.54, 1.807) is 26.4 Å². The van der Waals surface area contributed by atoms with E-state index in [0.29, 0.717) is 39.0 Å². The van der Waals surface area contributed by atoms with Crippen molar-refractivity contribution in [2.75, 3.05) is 25.3 Å². The van der Waals surface area contributed by atoms with E-state index in [4.69, 9.17) is 25.8 Å². The second-order valence-corrected chi connectivity index (χ2v) is 7.67. The average Bonchev–Trinajstić information content (AvgIpc) is 2.93. The molecule has 7 nitrogen and oxygen atoms in total. The number of hydrogen-bond donors (Lipinski definition) is 1. The highest BCUT2D eigenvalue weighted by atomic mass is 35.5. The van der Waals surface area contributed by atoms with Crippen LogP contribution < -0.4 is 19.5 Å². The smallest absolute Gasteiger partial charge is 0.247 e. The standard InChI is InChI=1S/C21H19ClN4O3S/c1-4-9-30-21-24-20-17(25-26-21)13-7-5-6-8-15(13)23-19(29-20)12-10-14(22)18(28-3)16(11-12)27-2/h4-8,10-11,19,23H,1,9H2,2-3H3/t19-/m1/s1. The van der Waals surface area contributed by atoms with Crippen LogP contribution in [0.4, 0.5) is 5.69 Å². The van der Waals surface area contributed by atoms with E-state index in [9.17, 15) is 0 Å². The molecule has 1 aliphatic heterocycles. The van der Waals surface area contributed by atoms with Crippen LogP contribution in [-0.4, -0.2) is 35.2 Å². The van der Waals surface area contributed by atoms with Crippen LogP contribution in [-0.2, 0) is 0 Å². The van der Waals surface area contributed by atoms with Gasteiger partial charge in [-0.15, -0.1) is 16.8 Å². The topological polar surface area (TPSA) is 78.4 Å². The molecule has 0 amide bonds. The lowest BCUT2D eigenvalue weighted by atomic mass is 10.1. The largest absolute Gasteiger partial charge is 0.493 e. The third-order valence-electron chi connectivity index (χ3n) is 4.42. The van der Waals surface area contributed by atoms with Crippen LogP contribution in [0.25, 0.3) is 11.3 Å². The maximum Gasteiger partial charge on any atom is 0.247 e. The summed E-state index contributed by atoms with van der Waals surface area (Å²) in [6, 6.07) is 11.4. The molecule has 0 saturated carbocycles. The minimum Gasteiger partial charge on any atom is -0.493 e. The molecular weight excluding hydrogens is 424 g/mol. The molecular formula is C21H19ClN4O3S. The summed E-state index contributed by atoms with van der Waals surface area (Å²) in [6.45, 7) is 3.73. The number of ether oxygens (including phenoxy) is 3. The molecule has 0 saturated heterocycles. The lowest BCUT2D eigenvalue weighted by molar-refractivity contribution is 0.224. The van der Waals surface area contributed by atoms with Crippen LogP contribution >= 0.6 is 23.4 Å². The lowest BCUT2D eigenvalue weighted by Gasteiger charge is -2.21. The van der Waals surface area contributed by atoms with Crippen molar-refractivity contribution in [3.63, 3.8) is 0 Å². The van der Waals surface area contributed by atoms with Gasteiger partial charge >= 0.3 is 0 Å². The number of anilines is 1. The Labute approximate surface area is 183 Å². The molecule has 0 fully saturated rings. The lowest BCUT2D eigenvalue weighted by Crippen LogP contribution is -2.17. The van der Waals surface area contributed by atoms with Crippen molar-refractivity contribution in [1.29, 1.82) is 0 Å². The summed E-state index contributed by atoms with van der Waals surface area (Å²) in [5.41, 5.74) is 3.01. The highest BCUT2D eigenvalue weighted by molar-refractivity contribution is 7.99. The summed E-state index contributed by atoms with van der Waals surface area (Å²) in [5.74, 6) is 2.02. The van der Waals surface area contributed by atoms with Gasteiger partial charge in [-0.2, -0.15) is 4.98 Å². The van der Waals surface area contributed by atoms with Gasteiger partial charge in [0.1, 0.15) is 0 Å². The average molecular weight is 443 g/mol. The summed E-state index contributed by atoms with van der Waals surface area (Å²) in [4.78, 5) is 4.57. The number of aromatic nitrogens is 3. The van der Waals surface area contributed by atoms with Crippen molar-refractivity contribution in [1.82, 2.24) is 15.2 Å². The van der Waals surface area contributed by atoms with E-state index >= 15 is 0 Å². The normalized spacial score (nSPS) is 14.4. The van der Waals surface area contributed by atoms with Gasteiger partial charge in [-0.1, -0.05) is 47.6 Å². The van der Waals surface area contributed by atoms with Crippen molar-refractivity contribution in [2.45, 2.75) is 11.4 Å². The first-order valence-electron chi connectivity index (χ1n) is 9.07. The Kier molecular flexibility index (Phi) is 5.96. The Morgan fingerprint density at radius 3 is 2.83 bits per heavy atom. The Balaban J connectivity index is 1.81. The quantitative estimate of drug-likeness (QED) is 0.422. The van der Waals surface area contributed by atoms with E-state index in [2.05, 4.69) is 27.1 Å². The van der Waals surface area contributed by atoms with Gasteiger partial charge in [0.25, 0.3) is 0 Å². The number of halogens is 1. The number of methoxy groups -OCH3 is 2. The molecule has 0 unspecified atom stereocenters. The molecule has 0 aliphatic carbocycles. The molecule has 9 heteroatoms. The molecule has 1 aliphatic rings. The van der Waals surface area contributed by atoms with Gasteiger partial charge in [0.05, 0.1) is 19.2 Å². The maximum atomic E-state index is 6.42. The molecule has 2 aromatic carbocycles. The summed E-state index contributed by atoms with van der Waals surface area (Å²) in [7, 11) is 3.10. The molecule has 154 valence electrons. The Hall–Kier alpha value is -2.97. The zero-order chi connectivity index (χ0) is 21.1. The van der Waals surface area contributed by atoms with Crippen LogP contribution in [0.1, 0.15) is 11.8 Å². The van der Waals surface area contributed by atoms with Crippen molar-refractivity contribution < 1.29 is 14.2 Å². The van der Waals surface area contributed by atoms with Crippen molar-refractivity contribution in [3.05, 3.63) is 59.6 Å². The van der Waals surface area contributed by atoms with E-state index in [1.807, 2.05) is 30.3 Å². The summed E-state index contributed by atoms with van der Waals surface area (Å²) >= 11 is 7.85. The van der Waals surface area contributed by atoms with Gasteiger partial charge in [0.15, 0.2) is 23.4 Å². The zero-order valence-electron chi connectivity index (χ0n) is 16.4. The van der Waals surface area contributed by atoms with Crippen LogP contribution in [0.3, 0.4) is 0 Å². The van der Waals surface area contributed by atoms with Gasteiger partial charge in [-0.3, -0.25) is 0 Å². The number of nitrogens with zero attached hydrogens (tertiary/aromatic N) is 3. The van der Waals surface area contributed by atoms with Crippen LogP contribution in [0, 0.1) is 0 Å². The van der Waals surface area contributed by atoms with Gasteiger partial charge in [-0.05, 0) is 18.2 Å². The third-order valence-corrected chi connectivity index (χ3v) is 5.54. The summed E-state index contributed by atoms with van der Waals surface area (Å²) in [6.07, 6.45) is 1.20. The molecule has 2 heterocycles. The minimum absolute atomic E-state index is 0.380. The molecule has 30 heavy (non-hydrogen) atoms. The molecule has 0 bridgehead atoms. The number of hydrogen-bond acceptors (Lipinski definition) is 8. The molecule has 1 atom stereocenters. The van der Waals surface area contributed by atoms with Crippen LogP contribution in [0.5, 0.6) is 17.4 Å². The first kappa shape index (κ1) is 20.3. The third kappa shape index (κ3) is 3.88. The molecule has 3 aromatic rings. The van der Waals surface area contributed by atoms with Gasteiger partial charge in [0, 0.05) is 22.6 Å². The molecule has 1 N–H and O–H groups in total. The SMILES string of the molecule is C=CCSc1nnc2c(n1)O[C@H](c1cc(Cl)c(OC)c(OC)c1)Nc1ccccc1-2. The summed E-state index contributed by atoms with van der Waals surface area (Å²) < 4.78 is 17.0. The van der Waals surface area contributed by atoms with Gasteiger partial charge in [-0.25, -0.2) is 0 Å². The second kappa shape index (κ2) is 8.81. The number of rotatable bonds is 6. The van der Waals surface area contributed by atoms with E-state index in [-0.39, 0.29) is 0 Å². The van der Waals surface area contributed by atoms with Crippen LogP contribution in [0.2, 0.25) is 5.02 Å². The highest BCUT2D eigenvalue weighted by Crippen LogP contribution is 2.42. The Morgan fingerprint density at radius 1 is 1.23 bits per heavy atom. The number of para-hydroxylation sites is 1. The molecule has 0 radical (unpaired) electrons. The second-order valence-electron chi connectivity index (χ2n) is 6.27. The Morgan fingerprint density at radius 2 is 2.07 bits per heavy atom.